The van der Waals surface area contributed by atoms with Crippen molar-refractivity contribution in [1.29, 1.82) is 0 Å². The van der Waals surface area contributed by atoms with E-state index < -0.39 is 0 Å². The molecule has 4 nitrogen and oxygen atoms in total. The Bertz CT molecular complexity index is 568. The first-order valence-electron chi connectivity index (χ1n) is 7.68. The molecule has 1 aromatic rings. The predicted octanol–water partition coefficient (Wildman–Crippen LogP) is 3.24. The van der Waals surface area contributed by atoms with Gasteiger partial charge in [0.1, 0.15) is 5.76 Å². The summed E-state index contributed by atoms with van der Waals surface area (Å²) in [5.41, 5.74) is 0.0964. The molecule has 1 atom stereocenters. The normalized spacial score (nSPS) is 20.2. The molecule has 1 aliphatic heterocycles. The quantitative estimate of drug-likeness (QED) is 0.798. The van der Waals surface area contributed by atoms with Gasteiger partial charge in [0.05, 0.1) is 0 Å². The second-order valence-electron chi connectivity index (χ2n) is 7.05. The van der Waals surface area contributed by atoms with Gasteiger partial charge < -0.3 is 9.32 Å². The number of aryl methyl sites for hydroxylation is 1. The largest absolute Gasteiger partial charge is 0.456 e. The van der Waals surface area contributed by atoms with E-state index in [0.717, 1.165) is 32.4 Å². The predicted molar refractivity (Wildman–Crippen MR) is 82.4 cm³/mol. The average Bonchev–Trinajstić information content (AvgIpc) is 2.61. The number of rotatable bonds is 1. The lowest BCUT2D eigenvalue weighted by atomic mass is 9.77. The van der Waals surface area contributed by atoms with Gasteiger partial charge in [-0.05, 0) is 37.5 Å². The second-order valence-corrected chi connectivity index (χ2v) is 7.05. The molecule has 0 radical (unpaired) electrons. The Labute approximate surface area is 126 Å². The van der Waals surface area contributed by atoms with Crippen molar-refractivity contribution in [2.45, 2.75) is 47.0 Å². The van der Waals surface area contributed by atoms with Crippen LogP contribution in [0.2, 0.25) is 0 Å². The van der Waals surface area contributed by atoms with E-state index in [-0.39, 0.29) is 22.5 Å². The zero-order valence-corrected chi connectivity index (χ0v) is 13.4. The molecule has 0 saturated carbocycles. The van der Waals surface area contributed by atoms with Gasteiger partial charge in [-0.2, -0.15) is 0 Å². The maximum absolute atomic E-state index is 12.5. The Morgan fingerprint density at radius 3 is 2.57 bits per heavy atom. The van der Waals surface area contributed by atoms with Gasteiger partial charge in [0, 0.05) is 25.2 Å². The molecule has 0 spiro atoms. The highest BCUT2D eigenvalue weighted by atomic mass is 16.3. The number of hydrogen-bond donors (Lipinski definition) is 0. The smallest absolute Gasteiger partial charge is 0.289 e. The molecule has 4 heteroatoms. The fraction of sp³-hybridized carbons (Fsp3) is 0.647. The van der Waals surface area contributed by atoms with Crippen LogP contribution < -0.4 is 5.43 Å². The van der Waals surface area contributed by atoms with Crippen molar-refractivity contribution in [3.8, 4) is 0 Å². The summed E-state index contributed by atoms with van der Waals surface area (Å²) in [7, 11) is 0. The molecule has 0 N–H and O–H groups in total. The van der Waals surface area contributed by atoms with Crippen molar-refractivity contribution in [1.82, 2.24) is 4.90 Å². The Balaban J connectivity index is 2.12. The molecule has 21 heavy (non-hydrogen) atoms. The summed E-state index contributed by atoms with van der Waals surface area (Å²) in [6.07, 6.45) is 3.15. The van der Waals surface area contributed by atoms with Crippen LogP contribution in [0.3, 0.4) is 0 Å². The monoisotopic (exact) mass is 291 g/mol. The van der Waals surface area contributed by atoms with Crippen molar-refractivity contribution in [2.75, 3.05) is 13.1 Å². The Morgan fingerprint density at radius 1 is 1.24 bits per heavy atom. The lowest BCUT2D eigenvalue weighted by Gasteiger charge is -2.29. The summed E-state index contributed by atoms with van der Waals surface area (Å²) in [5, 5.41) is 0. The summed E-state index contributed by atoms with van der Waals surface area (Å²) in [6, 6.07) is 2.69. The van der Waals surface area contributed by atoms with Crippen molar-refractivity contribution < 1.29 is 9.21 Å². The zero-order valence-electron chi connectivity index (χ0n) is 13.4. The molecule has 116 valence electrons. The minimum atomic E-state index is -0.176. The van der Waals surface area contributed by atoms with Crippen LogP contribution in [0.5, 0.6) is 0 Å². The Hall–Kier alpha value is -1.58. The van der Waals surface area contributed by atoms with Crippen LogP contribution in [0.25, 0.3) is 0 Å². The fourth-order valence-corrected chi connectivity index (χ4v) is 3.03. The number of hydrogen-bond acceptors (Lipinski definition) is 3. The molecule has 2 heterocycles. The van der Waals surface area contributed by atoms with Gasteiger partial charge in [-0.1, -0.05) is 20.8 Å². The summed E-state index contributed by atoms with van der Waals surface area (Å²) in [5.74, 6) is 1.10. The van der Waals surface area contributed by atoms with Crippen molar-refractivity contribution >= 4 is 5.91 Å². The highest BCUT2D eigenvalue weighted by Crippen LogP contribution is 2.34. The van der Waals surface area contributed by atoms with E-state index in [0.29, 0.717) is 11.7 Å². The van der Waals surface area contributed by atoms with Gasteiger partial charge in [0.25, 0.3) is 5.91 Å². The van der Waals surface area contributed by atoms with Crippen molar-refractivity contribution in [3.63, 3.8) is 0 Å². The lowest BCUT2D eigenvalue weighted by molar-refractivity contribution is 0.0719. The van der Waals surface area contributed by atoms with Crippen molar-refractivity contribution in [2.24, 2.45) is 11.3 Å². The van der Waals surface area contributed by atoms with Gasteiger partial charge in [0.2, 0.25) is 0 Å². The standard InChI is InChI=1S/C17H25NO3/c1-12-10-14(19)11-15(21-12)16(20)18-8-5-6-13(7-9-18)17(2,3)4/h10-11,13H,5-9H2,1-4H3. The molecular formula is C17H25NO3. The van der Waals surface area contributed by atoms with E-state index in [1.807, 2.05) is 4.90 Å². The van der Waals surface area contributed by atoms with E-state index in [1.165, 1.54) is 12.1 Å². The van der Waals surface area contributed by atoms with E-state index in [9.17, 15) is 9.59 Å². The molecule has 1 aliphatic rings. The van der Waals surface area contributed by atoms with Gasteiger partial charge in [-0.15, -0.1) is 0 Å². The van der Waals surface area contributed by atoms with E-state index in [4.69, 9.17) is 4.42 Å². The summed E-state index contributed by atoms with van der Waals surface area (Å²) >= 11 is 0. The van der Waals surface area contributed by atoms with E-state index in [2.05, 4.69) is 20.8 Å². The summed E-state index contributed by atoms with van der Waals surface area (Å²) in [4.78, 5) is 25.8. The molecule has 1 saturated heterocycles. The number of likely N-dealkylation sites (tertiary alicyclic amines) is 1. The first-order chi connectivity index (χ1) is 9.77. The third-order valence-electron chi connectivity index (χ3n) is 4.34. The van der Waals surface area contributed by atoms with Crippen molar-refractivity contribution in [3.05, 3.63) is 33.9 Å². The van der Waals surface area contributed by atoms with Gasteiger partial charge in [0.15, 0.2) is 11.2 Å². The minimum absolute atomic E-state index is 0.161. The third-order valence-corrected chi connectivity index (χ3v) is 4.34. The van der Waals surface area contributed by atoms with Crippen LogP contribution in [0.1, 0.15) is 56.3 Å². The maximum atomic E-state index is 12.5. The van der Waals surface area contributed by atoms with Crippen LogP contribution in [-0.2, 0) is 0 Å². The molecule has 0 aliphatic carbocycles. The molecule has 1 aromatic heterocycles. The second kappa shape index (κ2) is 6.04. The molecule has 1 amide bonds. The third kappa shape index (κ3) is 3.96. The van der Waals surface area contributed by atoms with Gasteiger partial charge >= 0.3 is 0 Å². The summed E-state index contributed by atoms with van der Waals surface area (Å²) < 4.78 is 5.42. The molecule has 0 bridgehead atoms. The van der Waals surface area contributed by atoms with Gasteiger partial charge in [-0.3, -0.25) is 9.59 Å². The average molecular weight is 291 g/mol. The first-order valence-corrected chi connectivity index (χ1v) is 7.68. The lowest BCUT2D eigenvalue weighted by Crippen LogP contribution is -2.33. The van der Waals surface area contributed by atoms with Crippen LogP contribution in [0.15, 0.2) is 21.3 Å². The fourth-order valence-electron chi connectivity index (χ4n) is 3.03. The van der Waals surface area contributed by atoms with Crippen LogP contribution in [0.4, 0.5) is 0 Å². The van der Waals surface area contributed by atoms with Gasteiger partial charge in [-0.25, -0.2) is 0 Å². The zero-order chi connectivity index (χ0) is 15.6. The first kappa shape index (κ1) is 15.8. The summed E-state index contributed by atoms with van der Waals surface area (Å²) in [6.45, 7) is 9.94. The van der Waals surface area contributed by atoms with Crippen LogP contribution in [-0.4, -0.2) is 23.9 Å². The SMILES string of the molecule is Cc1cc(=O)cc(C(=O)N2CCCC(C(C)(C)C)CC2)o1. The Kier molecular flexibility index (Phi) is 4.55. The number of amides is 1. The van der Waals surface area contributed by atoms with Crippen LogP contribution >= 0.6 is 0 Å². The molecule has 0 aromatic carbocycles. The number of carbonyl (C=O) groups excluding carboxylic acids is 1. The molecule has 2 rings (SSSR count). The van der Waals surface area contributed by atoms with E-state index >= 15 is 0 Å². The number of carbonyl (C=O) groups is 1. The van der Waals surface area contributed by atoms with Crippen LogP contribution in [0, 0.1) is 18.3 Å². The Morgan fingerprint density at radius 2 is 1.95 bits per heavy atom. The topological polar surface area (TPSA) is 50.5 Å². The minimum Gasteiger partial charge on any atom is -0.456 e. The van der Waals surface area contributed by atoms with E-state index in [1.54, 1.807) is 6.92 Å². The number of nitrogens with zero attached hydrogens (tertiary/aromatic N) is 1. The highest BCUT2D eigenvalue weighted by Gasteiger charge is 2.29. The maximum Gasteiger partial charge on any atom is 0.289 e. The highest BCUT2D eigenvalue weighted by molar-refractivity contribution is 5.91. The molecule has 1 fully saturated rings. The molecular weight excluding hydrogens is 266 g/mol. The molecule has 1 unspecified atom stereocenters.